The lowest BCUT2D eigenvalue weighted by atomic mass is 9.84. The van der Waals surface area contributed by atoms with Gasteiger partial charge in [0.2, 0.25) is 0 Å². The predicted octanol–water partition coefficient (Wildman–Crippen LogP) is 4.81. The SMILES string of the molecule is CF.FC(F)(F)C(C(F)(F)F)(C(F)(F)F)C(F)(F)F. The number of rotatable bonds is 0. The number of alkyl halides is 13. The molecule has 19 heavy (non-hydrogen) atoms. The molecule has 0 aromatic heterocycles. The fourth-order valence-electron chi connectivity index (χ4n) is 0.964. The van der Waals surface area contributed by atoms with E-state index in [1.54, 1.807) is 0 Å². The second-order valence-electron chi connectivity index (χ2n) is 2.74. The van der Waals surface area contributed by atoms with E-state index in [0.29, 0.717) is 7.18 Å². The Bertz CT molecular complexity index is 210. The molecular weight excluding hydrogens is 319 g/mol. The molecule has 13 heteroatoms. The summed E-state index contributed by atoms with van der Waals surface area (Å²) in [6.45, 7) is 0. The van der Waals surface area contributed by atoms with Crippen molar-refractivity contribution in [1.29, 1.82) is 0 Å². The molecule has 0 aliphatic heterocycles. The van der Waals surface area contributed by atoms with Gasteiger partial charge in [-0.05, 0) is 0 Å². The Morgan fingerprint density at radius 3 is 0.474 bits per heavy atom. The van der Waals surface area contributed by atoms with Crippen LogP contribution in [0.2, 0.25) is 0 Å². The molecule has 0 aliphatic rings. The molecule has 0 bridgehead atoms. The van der Waals surface area contributed by atoms with Crippen LogP contribution in [0.25, 0.3) is 0 Å². The molecule has 0 saturated carbocycles. The first kappa shape index (κ1) is 20.4. The molecule has 0 atom stereocenters. The van der Waals surface area contributed by atoms with Crippen LogP contribution >= 0.6 is 0 Å². The van der Waals surface area contributed by atoms with Crippen LogP contribution in [-0.2, 0) is 0 Å². The van der Waals surface area contributed by atoms with E-state index in [9.17, 15) is 57.1 Å². The van der Waals surface area contributed by atoms with Crippen LogP contribution in [0, 0.1) is 5.41 Å². The second-order valence-corrected chi connectivity index (χ2v) is 2.74. The van der Waals surface area contributed by atoms with Crippen LogP contribution in [0.3, 0.4) is 0 Å². The van der Waals surface area contributed by atoms with Crippen molar-refractivity contribution in [1.82, 2.24) is 0 Å². The van der Waals surface area contributed by atoms with Crippen molar-refractivity contribution >= 4 is 0 Å². The molecule has 0 unspecified atom stereocenters. The molecule has 0 spiro atoms. The maximum absolute atomic E-state index is 11.7. The quantitative estimate of drug-likeness (QED) is 0.562. The highest BCUT2D eigenvalue weighted by Crippen LogP contribution is 2.66. The van der Waals surface area contributed by atoms with Crippen LogP contribution < -0.4 is 0 Å². The van der Waals surface area contributed by atoms with Gasteiger partial charge in [0.25, 0.3) is 0 Å². The molecule has 0 saturated heterocycles. The summed E-state index contributed by atoms with van der Waals surface area (Å²) in [6, 6.07) is 0. The summed E-state index contributed by atoms with van der Waals surface area (Å²) in [5, 5.41) is 0. The Labute approximate surface area is 95.7 Å². The summed E-state index contributed by atoms with van der Waals surface area (Å²) in [5.74, 6) is 0. The topological polar surface area (TPSA) is 0 Å². The number of halogens is 13. The van der Waals surface area contributed by atoms with E-state index in [-0.39, 0.29) is 0 Å². The van der Waals surface area contributed by atoms with Crippen LogP contribution in [0.15, 0.2) is 0 Å². The van der Waals surface area contributed by atoms with Gasteiger partial charge in [-0.25, -0.2) is 0 Å². The minimum Gasteiger partial charge on any atom is -0.255 e. The first-order chi connectivity index (χ1) is 8.00. The second kappa shape index (κ2) is 5.23. The van der Waals surface area contributed by atoms with Gasteiger partial charge in [-0.1, -0.05) is 0 Å². The van der Waals surface area contributed by atoms with Crippen LogP contribution in [0.5, 0.6) is 0 Å². The highest BCUT2D eigenvalue weighted by Gasteiger charge is 2.94. The smallest absolute Gasteiger partial charge is 0.255 e. The molecule has 0 N–H and O–H groups in total. The fraction of sp³-hybridized carbons (Fsp3) is 1.00. The summed E-state index contributed by atoms with van der Waals surface area (Å²) in [7, 11) is 0.500. The minimum absolute atomic E-state index is 0.500. The predicted molar refractivity (Wildman–Crippen MR) is 33.7 cm³/mol. The van der Waals surface area contributed by atoms with Gasteiger partial charge < -0.3 is 0 Å². The fourth-order valence-corrected chi connectivity index (χ4v) is 0.964. The van der Waals surface area contributed by atoms with Crippen LogP contribution in [0.4, 0.5) is 57.1 Å². The largest absolute Gasteiger partial charge is 0.421 e. The zero-order chi connectivity index (χ0) is 16.5. The van der Waals surface area contributed by atoms with Crippen molar-refractivity contribution in [2.45, 2.75) is 24.7 Å². The summed E-state index contributed by atoms with van der Waals surface area (Å²) in [5.41, 5.74) is -7.75. The number of hydrogen-bond acceptors (Lipinski definition) is 0. The molecule has 0 amide bonds. The van der Waals surface area contributed by atoms with E-state index in [1.807, 2.05) is 0 Å². The van der Waals surface area contributed by atoms with Gasteiger partial charge in [0.1, 0.15) is 0 Å². The third-order valence-corrected chi connectivity index (χ3v) is 1.70. The first-order valence-corrected chi connectivity index (χ1v) is 3.65. The van der Waals surface area contributed by atoms with Crippen molar-refractivity contribution < 1.29 is 57.1 Å². The lowest BCUT2D eigenvalue weighted by Gasteiger charge is -2.39. The maximum Gasteiger partial charge on any atom is 0.421 e. The van der Waals surface area contributed by atoms with E-state index in [4.69, 9.17) is 0 Å². The minimum atomic E-state index is -7.75. The molecule has 0 aliphatic carbocycles. The van der Waals surface area contributed by atoms with Crippen LogP contribution in [-0.4, -0.2) is 31.9 Å². The highest BCUT2D eigenvalue weighted by molar-refractivity contribution is 5.04. The molecule has 118 valence electrons. The Morgan fingerprint density at radius 1 is 0.368 bits per heavy atom. The molecule has 0 aromatic rings. The monoisotopic (exact) mass is 322 g/mol. The van der Waals surface area contributed by atoms with E-state index < -0.39 is 30.1 Å². The van der Waals surface area contributed by atoms with Gasteiger partial charge in [-0.15, -0.1) is 0 Å². The van der Waals surface area contributed by atoms with Gasteiger partial charge in [0.05, 0.1) is 7.18 Å². The third-order valence-electron chi connectivity index (χ3n) is 1.70. The molecule has 0 radical (unpaired) electrons. The average molecular weight is 322 g/mol. The Hall–Kier alpha value is -0.910. The molecule has 0 rings (SSSR count). The maximum atomic E-state index is 11.7. The third kappa shape index (κ3) is 3.16. The zero-order valence-corrected chi connectivity index (χ0v) is 8.41. The van der Waals surface area contributed by atoms with Crippen molar-refractivity contribution in [3.05, 3.63) is 0 Å². The Morgan fingerprint density at radius 2 is 0.474 bits per heavy atom. The van der Waals surface area contributed by atoms with E-state index in [2.05, 4.69) is 0 Å². The zero-order valence-electron chi connectivity index (χ0n) is 8.41. The molecule has 0 aromatic carbocycles. The van der Waals surface area contributed by atoms with Gasteiger partial charge in [-0.3, -0.25) is 4.39 Å². The molecule has 0 heterocycles. The Kier molecular flexibility index (Phi) is 5.62. The van der Waals surface area contributed by atoms with Crippen molar-refractivity contribution in [2.24, 2.45) is 5.41 Å². The normalized spacial score (nSPS) is 14.8. The van der Waals surface area contributed by atoms with Crippen LogP contribution in [0.1, 0.15) is 0 Å². The lowest BCUT2D eigenvalue weighted by molar-refractivity contribution is -0.496. The molecule has 0 nitrogen and oxygen atoms in total. The Balaban J connectivity index is 0. The number of hydrogen-bond donors (Lipinski definition) is 0. The first-order valence-electron chi connectivity index (χ1n) is 3.65. The average Bonchev–Trinajstić information content (AvgIpc) is 1.95. The van der Waals surface area contributed by atoms with Crippen molar-refractivity contribution in [3.8, 4) is 0 Å². The standard InChI is InChI=1S/C5F12.CH3F/c6-2(7,8)1(3(9,10)11,4(12,13)14)5(15,16)17;1-2/h;1H3. The van der Waals surface area contributed by atoms with E-state index in [1.165, 1.54) is 0 Å². The highest BCUT2D eigenvalue weighted by atomic mass is 19.4. The van der Waals surface area contributed by atoms with Gasteiger partial charge in [0, 0.05) is 0 Å². The van der Waals surface area contributed by atoms with Gasteiger partial charge >= 0.3 is 30.1 Å². The van der Waals surface area contributed by atoms with Crippen molar-refractivity contribution in [2.75, 3.05) is 7.18 Å². The van der Waals surface area contributed by atoms with E-state index >= 15 is 0 Å². The summed E-state index contributed by atoms with van der Waals surface area (Å²) < 4.78 is 150. The summed E-state index contributed by atoms with van der Waals surface area (Å²) in [4.78, 5) is 0. The van der Waals surface area contributed by atoms with E-state index in [0.717, 1.165) is 0 Å². The summed E-state index contributed by atoms with van der Waals surface area (Å²) >= 11 is 0. The summed E-state index contributed by atoms with van der Waals surface area (Å²) in [6.07, 6.45) is -30.4. The van der Waals surface area contributed by atoms with Gasteiger partial charge in [-0.2, -0.15) is 52.7 Å². The molecular formula is C6H3F13. The van der Waals surface area contributed by atoms with Gasteiger partial charge in [0.15, 0.2) is 0 Å². The lowest BCUT2D eigenvalue weighted by Crippen LogP contribution is -2.67. The molecule has 0 fully saturated rings. The van der Waals surface area contributed by atoms with Crippen molar-refractivity contribution in [3.63, 3.8) is 0 Å².